The zero-order valence-corrected chi connectivity index (χ0v) is 41.8. The summed E-state index contributed by atoms with van der Waals surface area (Å²) in [6.07, 6.45) is 8.37. The maximum Gasteiger partial charge on any atom is 0.322 e. The molecule has 2 atom stereocenters. The minimum Gasteiger partial charge on any atom is -0.340 e. The molecule has 5 amide bonds. The van der Waals surface area contributed by atoms with E-state index < -0.39 is 29.6 Å². The summed E-state index contributed by atoms with van der Waals surface area (Å²) < 4.78 is 42.9. The number of rotatable bonds is 13. The standard InChI is InChI=1S/C55H68F3N9O6/c1-55(57,58)54(73)67-20-8-13-42(35-67)40-11-7-12-41(33-40)50(69)59-49(39-9-3-2-4-10-39)53(72)66-25-23-63(24-26-66)34-37-18-21-62(22-19-37)36-48(68)64-27-29-65(30-28-64)52(71)45-31-38(16-17-46(45)56)32-47-43-14-5-6-15-44(43)51(70)61-60-47/h5-7,11-12,14-17,31,33,37,39,42,49H,2-4,8-10,13,18-30,32,34-36H2,1H3,(H,59,69)(H,61,70)/t42?,49-/m1/s1. The fourth-order valence-electron chi connectivity index (χ4n) is 11.7. The predicted molar refractivity (Wildman–Crippen MR) is 270 cm³/mol. The molecule has 5 fully saturated rings. The largest absolute Gasteiger partial charge is 0.340 e. The highest BCUT2D eigenvalue weighted by Crippen LogP contribution is 2.32. The number of hydrogen-bond acceptors (Lipinski definition) is 9. The zero-order valence-electron chi connectivity index (χ0n) is 41.8. The van der Waals surface area contributed by atoms with Crippen LogP contribution in [0.1, 0.15) is 108 Å². The second kappa shape index (κ2) is 23.0. The van der Waals surface area contributed by atoms with Gasteiger partial charge in [0.05, 0.1) is 23.2 Å². The summed E-state index contributed by atoms with van der Waals surface area (Å²) in [7, 11) is 0. The average molecular weight is 1010 g/mol. The van der Waals surface area contributed by atoms with Crippen LogP contribution in [0.5, 0.6) is 0 Å². The van der Waals surface area contributed by atoms with Gasteiger partial charge in [-0.15, -0.1) is 0 Å². The highest BCUT2D eigenvalue weighted by molar-refractivity contribution is 5.98. The molecule has 390 valence electrons. The summed E-state index contributed by atoms with van der Waals surface area (Å²) in [6.45, 7) is 7.84. The van der Waals surface area contributed by atoms with Crippen LogP contribution in [0.15, 0.2) is 71.5 Å². The number of halogens is 3. The van der Waals surface area contributed by atoms with Crippen molar-refractivity contribution in [2.45, 2.75) is 89.0 Å². The molecule has 1 aromatic heterocycles. The molecule has 4 aromatic rings. The van der Waals surface area contributed by atoms with Gasteiger partial charge in [-0.25, -0.2) is 9.49 Å². The van der Waals surface area contributed by atoms with Crippen LogP contribution >= 0.6 is 0 Å². The quantitative estimate of drug-likeness (QED) is 0.175. The van der Waals surface area contributed by atoms with E-state index in [4.69, 9.17) is 0 Å². The summed E-state index contributed by atoms with van der Waals surface area (Å²) >= 11 is 0. The number of aromatic amines is 1. The Balaban J connectivity index is 0.709. The molecule has 2 N–H and O–H groups in total. The second-order valence-corrected chi connectivity index (χ2v) is 21.0. The van der Waals surface area contributed by atoms with Crippen LogP contribution < -0.4 is 10.9 Å². The third-order valence-electron chi connectivity index (χ3n) is 16.0. The van der Waals surface area contributed by atoms with Gasteiger partial charge >= 0.3 is 5.92 Å². The molecule has 73 heavy (non-hydrogen) atoms. The van der Waals surface area contributed by atoms with E-state index in [1.54, 1.807) is 52.3 Å². The highest BCUT2D eigenvalue weighted by atomic mass is 19.3. The van der Waals surface area contributed by atoms with Crippen LogP contribution in [0.2, 0.25) is 0 Å². The second-order valence-electron chi connectivity index (χ2n) is 21.0. The molecule has 0 spiro atoms. The number of hydrogen-bond donors (Lipinski definition) is 2. The molecule has 5 heterocycles. The summed E-state index contributed by atoms with van der Waals surface area (Å²) in [4.78, 5) is 91.1. The first kappa shape index (κ1) is 51.7. The van der Waals surface area contributed by atoms with Gasteiger partial charge in [-0.2, -0.15) is 13.9 Å². The molecule has 0 bridgehead atoms. The molecule has 1 unspecified atom stereocenters. The molecule has 18 heteroatoms. The number of carbonyl (C=O) groups is 5. The Morgan fingerprint density at radius 3 is 2.15 bits per heavy atom. The van der Waals surface area contributed by atoms with E-state index in [-0.39, 0.29) is 53.8 Å². The Morgan fingerprint density at radius 1 is 0.726 bits per heavy atom. The van der Waals surface area contributed by atoms with Crippen LogP contribution in [-0.4, -0.2) is 173 Å². The van der Waals surface area contributed by atoms with E-state index in [1.807, 2.05) is 23.1 Å². The zero-order chi connectivity index (χ0) is 51.2. The first-order valence-corrected chi connectivity index (χ1v) is 26.3. The van der Waals surface area contributed by atoms with Crippen LogP contribution in [-0.2, 0) is 20.8 Å². The summed E-state index contributed by atoms with van der Waals surface area (Å²) in [5.41, 5.74) is 2.20. The van der Waals surface area contributed by atoms with Crippen LogP contribution in [0.25, 0.3) is 10.8 Å². The molecular weight excluding hydrogens is 940 g/mol. The SMILES string of the molecule is CC(F)(F)C(=O)N1CCCC(c2cccc(C(=O)N[C@@H](C(=O)N3CCN(CC4CCN(CC(=O)N5CCN(C(=O)c6cc(Cc7n[nH]c(=O)c8ccccc78)ccc6F)CC5)CC4)CC3)C3CCCCC3)c2)C1. The van der Waals surface area contributed by atoms with E-state index in [0.717, 1.165) is 89.7 Å². The molecule has 1 saturated carbocycles. The van der Waals surface area contributed by atoms with Gasteiger partial charge in [0.2, 0.25) is 11.8 Å². The Morgan fingerprint density at radius 2 is 1.42 bits per heavy atom. The molecule has 4 saturated heterocycles. The summed E-state index contributed by atoms with van der Waals surface area (Å²) in [6, 6.07) is 18.1. The fraction of sp³-hybridized carbons (Fsp3) is 0.545. The normalized spacial score (nSPS) is 20.5. The van der Waals surface area contributed by atoms with Crippen molar-refractivity contribution < 1.29 is 37.1 Å². The van der Waals surface area contributed by atoms with Crippen molar-refractivity contribution in [1.82, 2.24) is 44.9 Å². The predicted octanol–water partition coefficient (Wildman–Crippen LogP) is 5.53. The van der Waals surface area contributed by atoms with Gasteiger partial charge in [0.15, 0.2) is 0 Å². The summed E-state index contributed by atoms with van der Waals surface area (Å²) in [5.74, 6) is -5.70. The van der Waals surface area contributed by atoms with Gasteiger partial charge in [0, 0.05) is 102 Å². The van der Waals surface area contributed by atoms with E-state index in [9.17, 15) is 37.5 Å². The topological polar surface area (TPSA) is 163 Å². The lowest BCUT2D eigenvalue weighted by molar-refractivity contribution is -0.156. The van der Waals surface area contributed by atoms with Crippen LogP contribution in [0.4, 0.5) is 13.2 Å². The minimum absolute atomic E-state index is 0.0187. The van der Waals surface area contributed by atoms with Crippen molar-refractivity contribution in [3.05, 3.63) is 111 Å². The van der Waals surface area contributed by atoms with Gasteiger partial charge in [-0.1, -0.05) is 55.7 Å². The van der Waals surface area contributed by atoms with Crippen molar-refractivity contribution in [3.63, 3.8) is 0 Å². The van der Waals surface area contributed by atoms with Crippen molar-refractivity contribution in [3.8, 4) is 0 Å². The Labute approximate surface area is 424 Å². The molecule has 9 rings (SSSR count). The Hall–Kier alpha value is -6.14. The van der Waals surface area contributed by atoms with Crippen LogP contribution in [0, 0.1) is 17.7 Å². The van der Waals surface area contributed by atoms with Crippen molar-refractivity contribution >= 4 is 40.3 Å². The minimum atomic E-state index is -3.44. The number of benzene rings is 3. The number of nitrogens with zero attached hydrogens (tertiary/aromatic N) is 7. The van der Waals surface area contributed by atoms with E-state index in [0.29, 0.717) is 99.1 Å². The average Bonchev–Trinajstić information content (AvgIpc) is 3.41. The number of likely N-dealkylation sites (tertiary alicyclic amines) is 2. The summed E-state index contributed by atoms with van der Waals surface area (Å²) in [5, 5.41) is 11.1. The number of H-pyrrole nitrogens is 1. The number of piperidine rings is 2. The number of piperazine rings is 2. The molecule has 4 aliphatic heterocycles. The first-order valence-electron chi connectivity index (χ1n) is 26.3. The number of fused-ring (bicyclic) bond motifs is 1. The Kier molecular flexibility index (Phi) is 16.3. The van der Waals surface area contributed by atoms with E-state index in [1.165, 1.54) is 11.0 Å². The van der Waals surface area contributed by atoms with Crippen molar-refractivity contribution in [2.24, 2.45) is 11.8 Å². The number of carbonyl (C=O) groups excluding carboxylic acids is 5. The molecular formula is C55H68F3N9O6. The number of amides is 5. The van der Waals surface area contributed by atoms with Gasteiger partial charge in [-0.3, -0.25) is 38.6 Å². The van der Waals surface area contributed by atoms with Crippen LogP contribution in [0.3, 0.4) is 0 Å². The van der Waals surface area contributed by atoms with E-state index in [2.05, 4.69) is 25.3 Å². The van der Waals surface area contributed by atoms with E-state index >= 15 is 4.39 Å². The number of alkyl halides is 2. The fourth-order valence-corrected chi connectivity index (χ4v) is 11.7. The first-order chi connectivity index (χ1) is 35.2. The molecule has 1 aliphatic carbocycles. The lowest BCUT2D eigenvalue weighted by atomic mass is 9.83. The maximum atomic E-state index is 15.1. The Bertz CT molecular complexity index is 2700. The van der Waals surface area contributed by atoms with Gasteiger partial charge < -0.3 is 24.9 Å². The van der Waals surface area contributed by atoms with Gasteiger partial charge in [0.25, 0.3) is 23.3 Å². The lowest BCUT2D eigenvalue weighted by Gasteiger charge is -2.41. The third kappa shape index (κ3) is 12.5. The van der Waals surface area contributed by atoms with Crippen molar-refractivity contribution in [1.29, 1.82) is 0 Å². The van der Waals surface area contributed by atoms with Crippen molar-refractivity contribution in [2.75, 3.05) is 91.6 Å². The lowest BCUT2D eigenvalue weighted by Crippen LogP contribution is -2.57. The number of nitrogens with one attached hydrogen (secondary N) is 2. The van der Waals surface area contributed by atoms with Gasteiger partial charge in [0.1, 0.15) is 11.9 Å². The molecule has 15 nitrogen and oxygen atoms in total. The van der Waals surface area contributed by atoms with Gasteiger partial charge in [-0.05, 0) is 105 Å². The maximum absolute atomic E-state index is 15.1. The third-order valence-corrected chi connectivity index (χ3v) is 16.0. The number of aromatic nitrogens is 2. The molecule has 5 aliphatic rings. The smallest absolute Gasteiger partial charge is 0.322 e. The molecule has 0 radical (unpaired) electrons. The highest BCUT2D eigenvalue weighted by Gasteiger charge is 2.40. The monoisotopic (exact) mass is 1010 g/mol. The molecule has 3 aromatic carbocycles.